The lowest BCUT2D eigenvalue weighted by Gasteiger charge is -2.32. The van der Waals surface area contributed by atoms with E-state index in [0.29, 0.717) is 42.6 Å². The van der Waals surface area contributed by atoms with Gasteiger partial charge in [-0.2, -0.15) is 0 Å². The van der Waals surface area contributed by atoms with Crippen molar-refractivity contribution in [3.63, 3.8) is 0 Å². The highest BCUT2D eigenvalue weighted by Gasteiger charge is 2.33. The molecule has 0 unspecified atom stereocenters. The fourth-order valence-corrected chi connectivity index (χ4v) is 3.91. The van der Waals surface area contributed by atoms with Crippen molar-refractivity contribution in [1.82, 2.24) is 4.57 Å². The average molecular weight is 480 g/mol. The van der Waals surface area contributed by atoms with Crippen LogP contribution in [0.3, 0.4) is 0 Å². The zero-order valence-electron chi connectivity index (χ0n) is 17.5. The molecular weight excluding hydrogens is 454 g/mol. The maximum Gasteiger partial charge on any atom is 0.341 e. The van der Waals surface area contributed by atoms with Crippen molar-refractivity contribution in [2.75, 3.05) is 26.9 Å². The molecule has 0 saturated carbocycles. The highest BCUT2D eigenvalue weighted by Crippen LogP contribution is 2.44. The number of ether oxygens (including phenoxy) is 3. The summed E-state index contributed by atoms with van der Waals surface area (Å²) in [5, 5.41) is 9.45. The van der Waals surface area contributed by atoms with Gasteiger partial charge in [-0.25, -0.2) is 4.79 Å². The van der Waals surface area contributed by atoms with E-state index in [0.717, 1.165) is 10.9 Å². The van der Waals surface area contributed by atoms with E-state index in [-0.39, 0.29) is 17.0 Å². The highest BCUT2D eigenvalue weighted by molar-refractivity contribution is 9.10. The lowest BCUT2D eigenvalue weighted by molar-refractivity contribution is 0.0693. The summed E-state index contributed by atoms with van der Waals surface area (Å²) in [7, 11) is 1.65. The normalized spacial score (nSPS) is 15.6. The first-order valence-corrected chi connectivity index (χ1v) is 10.5. The molecule has 0 radical (unpaired) electrons. The number of hydrogen-bond acceptors (Lipinski definition) is 5. The van der Waals surface area contributed by atoms with Crippen LogP contribution in [-0.2, 0) is 4.74 Å². The molecule has 2 aromatic rings. The molecule has 8 heteroatoms. The number of aromatic nitrogens is 1. The zero-order valence-corrected chi connectivity index (χ0v) is 19.1. The van der Waals surface area contributed by atoms with Gasteiger partial charge in [0, 0.05) is 44.0 Å². The minimum atomic E-state index is -1.24. The molecule has 0 aliphatic carbocycles. The predicted octanol–water partition coefficient (Wildman–Crippen LogP) is 4.37. The Morgan fingerprint density at radius 2 is 2.03 bits per heavy atom. The summed E-state index contributed by atoms with van der Waals surface area (Å²) >= 11 is 3.54. The maximum absolute atomic E-state index is 12.5. The Balaban J connectivity index is 2.13. The van der Waals surface area contributed by atoms with E-state index in [1.165, 1.54) is 12.3 Å². The van der Waals surface area contributed by atoms with Crippen LogP contribution in [0.25, 0.3) is 11.3 Å². The first-order chi connectivity index (χ1) is 14.1. The molecule has 1 aromatic heterocycles. The first kappa shape index (κ1) is 22.4. The number of rotatable bonds is 6. The van der Waals surface area contributed by atoms with Gasteiger partial charge in [0.1, 0.15) is 23.7 Å². The van der Waals surface area contributed by atoms with Crippen molar-refractivity contribution < 1.29 is 24.1 Å². The van der Waals surface area contributed by atoms with Crippen molar-refractivity contribution in [2.45, 2.75) is 33.2 Å². The second-order valence-electron chi connectivity index (χ2n) is 8.32. The summed E-state index contributed by atoms with van der Waals surface area (Å²) in [5.41, 5.74) is 0.285. The lowest BCUT2D eigenvalue weighted by atomic mass is 9.86. The van der Waals surface area contributed by atoms with Gasteiger partial charge in [-0.05, 0) is 27.4 Å². The molecule has 0 amide bonds. The number of fused-ring (bicyclic) bond motifs is 3. The van der Waals surface area contributed by atoms with Gasteiger partial charge >= 0.3 is 5.97 Å². The van der Waals surface area contributed by atoms with Crippen LogP contribution in [0.2, 0.25) is 0 Å². The summed E-state index contributed by atoms with van der Waals surface area (Å²) in [6, 6.07) is 4.85. The third-order valence-electron chi connectivity index (χ3n) is 5.10. The van der Waals surface area contributed by atoms with E-state index in [9.17, 15) is 14.7 Å². The van der Waals surface area contributed by atoms with Crippen LogP contribution < -0.4 is 14.9 Å². The quantitative estimate of drug-likeness (QED) is 0.618. The first-order valence-electron chi connectivity index (χ1n) is 9.71. The number of pyridine rings is 1. The molecule has 2 heterocycles. The molecule has 0 spiro atoms. The van der Waals surface area contributed by atoms with Crippen molar-refractivity contribution in [1.29, 1.82) is 0 Å². The molecule has 0 saturated heterocycles. The second kappa shape index (κ2) is 8.81. The van der Waals surface area contributed by atoms with E-state index in [4.69, 9.17) is 14.2 Å². The second-order valence-corrected chi connectivity index (χ2v) is 9.17. The Labute approximate surface area is 183 Å². The molecule has 1 aliphatic heterocycles. The standard InChI is InChI=1S/C22H26BrNO6/c1-22(2,3)20-12-30-18-10-19(29-7-5-6-28-4)15(23)8-13(18)16-9-17(25)14(21(26)27)11-24(16)20/h8-11,20H,5-7,12H2,1-4H3,(H,26,27)/t20-/m0/s1. The number of hydrogen-bond donors (Lipinski definition) is 1. The van der Waals surface area contributed by atoms with Crippen LogP contribution in [0.15, 0.2) is 33.7 Å². The molecule has 162 valence electrons. The Kier molecular flexibility index (Phi) is 6.57. The van der Waals surface area contributed by atoms with E-state index in [1.54, 1.807) is 13.2 Å². The molecule has 1 N–H and O–H groups in total. The molecule has 7 nitrogen and oxygen atoms in total. The van der Waals surface area contributed by atoms with Gasteiger partial charge < -0.3 is 23.9 Å². The summed E-state index contributed by atoms with van der Waals surface area (Å²) in [6.07, 6.45) is 2.18. The van der Waals surface area contributed by atoms with Gasteiger partial charge in [-0.1, -0.05) is 20.8 Å². The topological polar surface area (TPSA) is 87.0 Å². The van der Waals surface area contributed by atoms with Gasteiger partial charge in [-0.15, -0.1) is 0 Å². The molecular formula is C22H26BrNO6. The number of methoxy groups -OCH3 is 1. The Bertz CT molecular complexity index is 1010. The number of aromatic carboxylic acids is 1. The molecule has 1 atom stereocenters. The zero-order chi connectivity index (χ0) is 22.1. The van der Waals surface area contributed by atoms with Gasteiger partial charge in [0.25, 0.3) is 0 Å². The minimum absolute atomic E-state index is 0.177. The smallest absolute Gasteiger partial charge is 0.341 e. The van der Waals surface area contributed by atoms with E-state index in [2.05, 4.69) is 36.7 Å². The minimum Gasteiger partial charge on any atom is -0.492 e. The maximum atomic E-state index is 12.5. The third kappa shape index (κ3) is 4.54. The summed E-state index contributed by atoms with van der Waals surface area (Å²) in [4.78, 5) is 24.0. The monoisotopic (exact) mass is 479 g/mol. The highest BCUT2D eigenvalue weighted by atomic mass is 79.9. The van der Waals surface area contributed by atoms with Crippen LogP contribution in [0.1, 0.15) is 43.6 Å². The molecule has 3 rings (SSSR count). The predicted molar refractivity (Wildman–Crippen MR) is 117 cm³/mol. The molecule has 0 bridgehead atoms. The SMILES string of the molecule is COCCCOc1cc2c(cc1Br)-c1cc(=O)c(C(=O)O)cn1[C@H](C(C)(C)C)CO2. The van der Waals surface area contributed by atoms with Crippen molar-refractivity contribution in [2.24, 2.45) is 5.41 Å². The number of halogens is 1. The Morgan fingerprint density at radius 3 is 2.67 bits per heavy atom. The van der Waals surface area contributed by atoms with Gasteiger partial charge in [0.15, 0.2) is 5.43 Å². The Morgan fingerprint density at radius 1 is 1.30 bits per heavy atom. The summed E-state index contributed by atoms with van der Waals surface area (Å²) in [6.45, 7) is 7.59. The van der Waals surface area contributed by atoms with Gasteiger partial charge in [-0.3, -0.25) is 4.79 Å². The summed E-state index contributed by atoms with van der Waals surface area (Å²) in [5.74, 6) is -0.0210. The molecule has 1 aromatic carbocycles. The van der Waals surface area contributed by atoms with Gasteiger partial charge in [0.05, 0.1) is 22.8 Å². The van der Waals surface area contributed by atoms with E-state index >= 15 is 0 Å². The van der Waals surface area contributed by atoms with Crippen molar-refractivity contribution >= 4 is 21.9 Å². The number of nitrogens with zero attached hydrogens (tertiary/aromatic N) is 1. The van der Waals surface area contributed by atoms with Crippen LogP contribution in [0, 0.1) is 5.41 Å². The van der Waals surface area contributed by atoms with Crippen LogP contribution in [-0.4, -0.2) is 42.6 Å². The Hall–Kier alpha value is -2.32. The number of carbonyl (C=O) groups is 1. The number of carboxylic acid groups (broad SMARTS) is 1. The van der Waals surface area contributed by atoms with E-state index in [1.807, 2.05) is 10.6 Å². The molecule has 30 heavy (non-hydrogen) atoms. The molecule has 0 fully saturated rings. The fraction of sp³-hybridized carbons (Fsp3) is 0.455. The fourth-order valence-electron chi connectivity index (χ4n) is 3.45. The average Bonchev–Trinajstić information content (AvgIpc) is 2.81. The van der Waals surface area contributed by atoms with Crippen LogP contribution in [0.5, 0.6) is 11.5 Å². The van der Waals surface area contributed by atoms with Gasteiger partial charge in [0.2, 0.25) is 0 Å². The largest absolute Gasteiger partial charge is 0.492 e. The number of carboxylic acids is 1. The molecule has 1 aliphatic rings. The van der Waals surface area contributed by atoms with E-state index < -0.39 is 11.4 Å². The number of benzene rings is 1. The van der Waals surface area contributed by atoms with Crippen molar-refractivity contribution in [3.05, 3.63) is 44.7 Å². The van der Waals surface area contributed by atoms with Crippen LogP contribution >= 0.6 is 15.9 Å². The van der Waals surface area contributed by atoms with Crippen LogP contribution in [0.4, 0.5) is 0 Å². The summed E-state index contributed by atoms with van der Waals surface area (Å²) < 4.78 is 19.6. The van der Waals surface area contributed by atoms with Crippen molar-refractivity contribution in [3.8, 4) is 22.8 Å². The third-order valence-corrected chi connectivity index (χ3v) is 5.72. The lowest BCUT2D eigenvalue weighted by Crippen LogP contribution is -2.31.